The summed E-state index contributed by atoms with van der Waals surface area (Å²) in [6.45, 7) is 7.81. The molecule has 7 nitrogen and oxygen atoms in total. The third kappa shape index (κ3) is 5.45. The number of rotatable bonds is 7. The summed E-state index contributed by atoms with van der Waals surface area (Å²) in [5, 5.41) is 11.9. The number of piperazine rings is 1. The molecule has 0 unspecified atom stereocenters. The maximum atomic E-state index is 11.6. The number of hydrogen-bond donors (Lipinski definition) is 3. The van der Waals surface area contributed by atoms with Gasteiger partial charge in [0.15, 0.2) is 0 Å². The second-order valence-electron chi connectivity index (χ2n) is 8.57. The fourth-order valence-corrected chi connectivity index (χ4v) is 5.08. The maximum Gasteiger partial charge on any atom is 0.247 e. The number of fused-ring (bicyclic) bond motifs is 1. The summed E-state index contributed by atoms with van der Waals surface area (Å²) < 4.78 is 1.09. The zero-order valence-corrected chi connectivity index (χ0v) is 20.4. The van der Waals surface area contributed by atoms with Crippen LogP contribution in [0, 0.1) is 0 Å². The Bertz CT molecular complexity index is 1340. The van der Waals surface area contributed by atoms with Gasteiger partial charge in [-0.2, -0.15) is 0 Å². The lowest BCUT2D eigenvalue weighted by atomic mass is 10.2. The van der Waals surface area contributed by atoms with Crippen LogP contribution in [-0.4, -0.2) is 49.0 Å². The number of likely N-dealkylation sites (N-methyl/N-ethyl adjacent to an activating group) is 1. The molecular formula is C27H28N6OS. The van der Waals surface area contributed by atoms with E-state index in [-0.39, 0.29) is 5.91 Å². The van der Waals surface area contributed by atoms with Gasteiger partial charge in [0.2, 0.25) is 5.91 Å². The molecule has 35 heavy (non-hydrogen) atoms. The summed E-state index contributed by atoms with van der Waals surface area (Å²) in [4.78, 5) is 20.8. The topological polar surface area (TPSA) is 72.5 Å². The Labute approximate surface area is 209 Å². The lowest BCUT2D eigenvalue weighted by molar-refractivity contribution is -0.111. The summed E-state index contributed by atoms with van der Waals surface area (Å²) in [5.41, 5.74) is 4.79. The number of aromatic nitrogens is 1. The molecule has 2 aromatic heterocycles. The number of pyridine rings is 1. The third-order valence-corrected chi connectivity index (χ3v) is 7.03. The van der Waals surface area contributed by atoms with Gasteiger partial charge in [0.05, 0.1) is 21.6 Å². The molecule has 8 heteroatoms. The minimum Gasteiger partial charge on any atom is -0.369 e. The number of carbonyl (C=O) groups is 1. The Morgan fingerprint density at radius 3 is 2.51 bits per heavy atom. The fourth-order valence-electron chi connectivity index (χ4n) is 4.11. The molecule has 2 aromatic carbocycles. The standard InChI is InChI=1S/C27H28N6OS/c1-3-26(34)30-21-6-4-5-20(15-21)29-24-17-28-18-25-23(24)16-27(35-25)31-19-7-9-22(10-8-19)33-13-11-32(2)12-14-33/h3-10,15-18,29,31H,1,11-14H2,2H3,(H,30,34). The predicted molar refractivity (Wildman–Crippen MR) is 148 cm³/mol. The number of anilines is 6. The first-order valence-corrected chi connectivity index (χ1v) is 12.4. The van der Waals surface area contributed by atoms with Gasteiger partial charge >= 0.3 is 0 Å². The van der Waals surface area contributed by atoms with E-state index in [1.165, 1.54) is 11.8 Å². The number of nitrogens with one attached hydrogen (secondary N) is 3. The van der Waals surface area contributed by atoms with E-state index >= 15 is 0 Å². The van der Waals surface area contributed by atoms with Crippen molar-refractivity contribution in [2.45, 2.75) is 0 Å². The molecule has 178 valence electrons. The fraction of sp³-hybridized carbons (Fsp3) is 0.185. The van der Waals surface area contributed by atoms with Crippen molar-refractivity contribution in [2.75, 3.05) is 54.1 Å². The van der Waals surface area contributed by atoms with Gasteiger partial charge < -0.3 is 25.8 Å². The minimum absolute atomic E-state index is 0.240. The molecule has 0 atom stereocenters. The van der Waals surface area contributed by atoms with E-state index < -0.39 is 0 Å². The molecule has 5 rings (SSSR count). The summed E-state index contributed by atoms with van der Waals surface area (Å²) in [5.74, 6) is -0.240. The monoisotopic (exact) mass is 484 g/mol. The molecule has 4 aromatic rings. The van der Waals surface area contributed by atoms with E-state index in [0.717, 1.165) is 58.3 Å². The summed E-state index contributed by atoms with van der Waals surface area (Å²) >= 11 is 1.67. The van der Waals surface area contributed by atoms with Crippen LogP contribution in [0.4, 0.5) is 33.4 Å². The quantitative estimate of drug-likeness (QED) is 0.294. The van der Waals surface area contributed by atoms with Crippen molar-refractivity contribution in [3.63, 3.8) is 0 Å². The van der Waals surface area contributed by atoms with Crippen LogP contribution in [0.15, 0.2) is 79.6 Å². The SMILES string of the molecule is C=CC(=O)Nc1cccc(Nc2cncc3sc(Nc4ccc(N5CCN(C)CC5)cc4)cc23)c1. The number of thiophene rings is 1. The maximum absolute atomic E-state index is 11.6. The minimum atomic E-state index is -0.240. The smallest absolute Gasteiger partial charge is 0.247 e. The molecule has 0 radical (unpaired) electrons. The van der Waals surface area contributed by atoms with Crippen LogP contribution in [0.3, 0.4) is 0 Å². The molecule has 1 fully saturated rings. The van der Waals surface area contributed by atoms with Gasteiger partial charge in [-0.05, 0) is 61.7 Å². The Morgan fingerprint density at radius 1 is 0.971 bits per heavy atom. The lowest BCUT2D eigenvalue weighted by Crippen LogP contribution is -2.44. The van der Waals surface area contributed by atoms with Crippen molar-refractivity contribution in [3.05, 3.63) is 79.6 Å². The van der Waals surface area contributed by atoms with Gasteiger partial charge in [0, 0.05) is 60.5 Å². The first-order valence-electron chi connectivity index (χ1n) is 11.6. The van der Waals surface area contributed by atoms with Gasteiger partial charge in [-0.1, -0.05) is 12.6 Å². The first kappa shape index (κ1) is 22.9. The molecular weight excluding hydrogens is 456 g/mol. The summed E-state index contributed by atoms with van der Waals surface area (Å²) in [6, 6.07) is 18.4. The number of benzene rings is 2. The van der Waals surface area contributed by atoms with Crippen molar-refractivity contribution in [1.29, 1.82) is 0 Å². The van der Waals surface area contributed by atoms with Crippen molar-refractivity contribution < 1.29 is 4.79 Å². The zero-order valence-electron chi connectivity index (χ0n) is 19.6. The van der Waals surface area contributed by atoms with E-state index in [4.69, 9.17) is 0 Å². The van der Waals surface area contributed by atoms with E-state index in [0.29, 0.717) is 5.69 Å². The van der Waals surface area contributed by atoms with E-state index in [1.54, 1.807) is 11.3 Å². The third-order valence-electron chi connectivity index (χ3n) is 6.04. The van der Waals surface area contributed by atoms with Crippen LogP contribution in [-0.2, 0) is 4.79 Å². The number of amides is 1. The molecule has 0 bridgehead atoms. The first-order chi connectivity index (χ1) is 17.1. The average molecular weight is 485 g/mol. The molecule has 0 saturated carbocycles. The van der Waals surface area contributed by atoms with Crippen LogP contribution in [0.5, 0.6) is 0 Å². The molecule has 3 N–H and O–H groups in total. The summed E-state index contributed by atoms with van der Waals surface area (Å²) in [7, 11) is 2.17. The molecule has 0 spiro atoms. The number of nitrogens with zero attached hydrogens (tertiary/aromatic N) is 3. The van der Waals surface area contributed by atoms with Crippen molar-refractivity contribution >= 4 is 60.8 Å². The van der Waals surface area contributed by atoms with Gasteiger partial charge in [0.25, 0.3) is 0 Å². The van der Waals surface area contributed by atoms with Crippen molar-refractivity contribution in [3.8, 4) is 0 Å². The molecule has 1 aliphatic heterocycles. The highest BCUT2D eigenvalue weighted by Crippen LogP contribution is 2.36. The Hall–Kier alpha value is -3.88. The molecule has 3 heterocycles. The van der Waals surface area contributed by atoms with Crippen LogP contribution in [0.1, 0.15) is 0 Å². The summed E-state index contributed by atoms with van der Waals surface area (Å²) in [6.07, 6.45) is 4.96. The highest BCUT2D eigenvalue weighted by atomic mass is 32.1. The zero-order chi connectivity index (χ0) is 24.2. The van der Waals surface area contributed by atoms with E-state index in [9.17, 15) is 4.79 Å². The largest absolute Gasteiger partial charge is 0.369 e. The normalized spacial score (nSPS) is 14.0. The highest BCUT2D eigenvalue weighted by Gasteiger charge is 2.14. The second kappa shape index (κ2) is 10.2. The van der Waals surface area contributed by atoms with E-state index in [2.05, 4.69) is 74.7 Å². The van der Waals surface area contributed by atoms with Crippen LogP contribution in [0.2, 0.25) is 0 Å². The van der Waals surface area contributed by atoms with E-state index in [1.807, 2.05) is 36.7 Å². The molecule has 0 aliphatic carbocycles. The van der Waals surface area contributed by atoms with Crippen molar-refractivity contribution in [1.82, 2.24) is 9.88 Å². The van der Waals surface area contributed by atoms with Gasteiger partial charge in [-0.3, -0.25) is 9.78 Å². The Morgan fingerprint density at radius 2 is 1.74 bits per heavy atom. The van der Waals surface area contributed by atoms with Gasteiger partial charge in [-0.25, -0.2) is 0 Å². The average Bonchev–Trinajstić information content (AvgIpc) is 3.29. The second-order valence-corrected chi connectivity index (χ2v) is 9.65. The predicted octanol–water partition coefficient (Wildman–Crippen LogP) is 5.66. The molecule has 1 aliphatic rings. The molecule has 1 amide bonds. The number of carbonyl (C=O) groups excluding carboxylic acids is 1. The van der Waals surface area contributed by atoms with Crippen LogP contribution >= 0.6 is 11.3 Å². The van der Waals surface area contributed by atoms with Crippen molar-refractivity contribution in [2.24, 2.45) is 0 Å². The Balaban J connectivity index is 1.30. The van der Waals surface area contributed by atoms with Gasteiger partial charge in [0.1, 0.15) is 0 Å². The van der Waals surface area contributed by atoms with Gasteiger partial charge in [-0.15, -0.1) is 11.3 Å². The lowest BCUT2D eigenvalue weighted by Gasteiger charge is -2.34. The van der Waals surface area contributed by atoms with Crippen LogP contribution < -0.4 is 20.9 Å². The number of hydrogen-bond acceptors (Lipinski definition) is 7. The molecule has 1 saturated heterocycles. The van der Waals surface area contributed by atoms with Crippen LogP contribution in [0.25, 0.3) is 10.1 Å². The highest BCUT2D eigenvalue weighted by molar-refractivity contribution is 7.22. The Kier molecular flexibility index (Phi) is 6.65.